The van der Waals surface area contributed by atoms with Crippen molar-refractivity contribution >= 4 is 0 Å². The van der Waals surface area contributed by atoms with E-state index in [0.717, 1.165) is 23.6 Å². The maximum absolute atomic E-state index is 13.5. The standard InChI is InChI=1S/C28H35F5/c1-2-3-4-5-6-7-8-21-9-11-22(12-10-21)23-13-15-24(16-14-23)25-17-19-26(20-18-25)27(29,30)28(31,32)33/h13-22H,2-12H2,1H3. The van der Waals surface area contributed by atoms with E-state index in [4.69, 9.17) is 0 Å². The van der Waals surface area contributed by atoms with Crippen LogP contribution in [0.15, 0.2) is 48.5 Å². The van der Waals surface area contributed by atoms with Gasteiger partial charge in [-0.1, -0.05) is 100 Å². The van der Waals surface area contributed by atoms with E-state index in [1.165, 1.54) is 88.3 Å². The predicted octanol–water partition coefficient (Wildman–Crippen LogP) is 10.0. The fraction of sp³-hybridized carbons (Fsp3) is 0.571. The van der Waals surface area contributed by atoms with Gasteiger partial charge >= 0.3 is 12.1 Å². The van der Waals surface area contributed by atoms with Crippen molar-refractivity contribution in [3.8, 4) is 11.1 Å². The smallest absolute Gasteiger partial charge is 0.191 e. The molecule has 2 aromatic rings. The second-order valence-electron chi connectivity index (χ2n) is 9.55. The molecule has 0 aromatic heterocycles. The predicted molar refractivity (Wildman–Crippen MR) is 125 cm³/mol. The van der Waals surface area contributed by atoms with Crippen LogP contribution in [0.25, 0.3) is 11.1 Å². The monoisotopic (exact) mass is 466 g/mol. The summed E-state index contributed by atoms with van der Waals surface area (Å²) < 4.78 is 64.6. The van der Waals surface area contributed by atoms with Crippen LogP contribution in [0.3, 0.4) is 0 Å². The Morgan fingerprint density at radius 2 is 1.18 bits per heavy atom. The largest absolute Gasteiger partial charge is 0.458 e. The van der Waals surface area contributed by atoms with Crippen LogP contribution in [0.1, 0.15) is 94.6 Å². The van der Waals surface area contributed by atoms with Crippen molar-refractivity contribution in [1.82, 2.24) is 0 Å². The first-order valence-corrected chi connectivity index (χ1v) is 12.4. The van der Waals surface area contributed by atoms with Gasteiger partial charge in [-0.05, 0) is 54.2 Å². The zero-order valence-corrected chi connectivity index (χ0v) is 19.4. The van der Waals surface area contributed by atoms with Gasteiger partial charge in [0.1, 0.15) is 0 Å². The summed E-state index contributed by atoms with van der Waals surface area (Å²) in [6.45, 7) is 2.24. The molecule has 2 aromatic carbocycles. The number of unbranched alkanes of at least 4 members (excludes halogenated alkanes) is 5. The van der Waals surface area contributed by atoms with E-state index in [1.54, 1.807) is 0 Å². The molecule has 182 valence electrons. The van der Waals surface area contributed by atoms with Crippen LogP contribution < -0.4 is 0 Å². The van der Waals surface area contributed by atoms with E-state index in [9.17, 15) is 22.0 Å². The lowest BCUT2D eigenvalue weighted by molar-refractivity contribution is -0.289. The van der Waals surface area contributed by atoms with Crippen molar-refractivity contribution in [3.63, 3.8) is 0 Å². The number of hydrogen-bond acceptors (Lipinski definition) is 0. The molecule has 3 rings (SSSR count). The molecule has 1 fully saturated rings. The summed E-state index contributed by atoms with van der Waals surface area (Å²) in [5, 5.41) is 0. The zero-order chi connectivity index (χ0) is 23.9. The summed E-state index contributed by atoms with van der Waals surface area (Å²) in [4.78, 5) is 0. The molecule has 0 unspecified atom stereocenters. The normalized spacial score (nSPS) is 19.6. The average molecular weight is 467 g/mol. The van der Waals surface area contributed by atoms with E-state index in [-0.39, 0.29) is 0 Å². The first-order chi connectivity index (χ1) is 15.7. The summed E-state index contributed by atoms with van der Waals surface area (Å²) in [6.07, 6.45) is 8.77. The third-order valence-corrected chi connectivity index (χ3v) is 7.13. The van der Waals surface area contributed by atoms with E-state index < -0.39 is 17.7 Å². The van der Waals surface area contributed by atoms with Gasteiger partial charge in [-0.15, -0.1) is 0 Å². The van der Waals surface area contributed by atoms with Crippen LogP contribution in [0.2, 0.25) is 0 Å². The van der Waals surface area contributed by atoms with Gasteiger partial charge in [0.25, 0.3) is 0 Å². The molecule has 1 aliphatic rings. The number of halogens is 5. The third kappa shape index (κ3) is 6.80. The number of rotatable bonds is 10. The van der Waals surface area contributed by atoms with Gasteiger partial charge in [-0.2, -0.15) is 22.0 Å². The minimum absolute atomic E-state index is 0.549. The molecule has 0 N–H and O–H groups in total. The van der Waals surface area contributed by atoms with E-state index in [1.807, 2.05) is 12.1 Å². The first-order valence-electron chi connectivity index (χ1n) is 12.4. The number of hydrogen-bond donors (Lipinski definition) is 0. The maximum Gasteiger partial charge on any atom is 0.458 e. The first kappa shape index (κ1) is 25.7. The molecule has 1 saturated carbocycles. The van der Waals surface area contributed by atoms with E-state index in [2.05, 4.69) is 19.1 Å². The quantitative estimate of drug-likeness (QED) is 0.241. The van der Waals surface area contributed by atoms with Gasteiger partial charge in [-0.25, -0.2) is 0 Å². The van der Waals surface area contributed by atoms with Crippen LogP contribution in [0.4, 0.5) is 22.0 Å². The van der Waals surface area contributed by atoms with Crippen molar-refractivity contribution in [1.29, 1.82) is 0 Å². The van der Waals surface area contributed by atoms with Crippen LogP contribution in [0, 0.1) is 5.92 Å². The lowest BCUT2D eigenvalue weighted by Crippen LogP contribution is -2.33. The van der Waals surface area contributed by atoms with Gasteiger partial charge in [0, 0.05) is 5.56 Å². The Bertz CT molecular complexity index is 828. The van der Waals surface area contributed by atoms with Gasteiger partial charge in [-0.3, -0.25) is 0 Å². The van der Waals surface area contributed by atoms with Crippen LogP contribution in [-0.4, -0.2) is 6.18 Å². The lowest BCUT2D eigenvalue weighted by Gasteiger charge is -2.29. The van der Waals surface area contributed by atoms with Crippen molar-refractivity contribution in [3.05, 3.63) is 59.7 Å². The van der Waals surface area contributed by atoms with Crippen molar-refractivity contribution in [2.75, 3.05) is 0 Å². The molecule has 0 spiro atoms. The summed E-state index contributed by atoms with van der Waals surface area (Å²) >= 11 is 0. The van der Waals surface area contributed by atoms with Gasteiger partial charge in [0.05, 0.1) is 0 Å². The molecule has 0 amide bonds. The molecular formula is C28H35F5. The fourth-order valence-corrected chi connectivity index (χ4v) is 4.98. The Hall–Kier alpha value is -1.91. The molecule has 0 atom stereocenters. The molecule has 0 saturated heterocycles. The van der Waals surface area contributed by atoms with E-state index >= 15 is 0 Å². The second-order valence-corrected chi connectivity index (χ2v) is 9.55. The highest BCUT2D eigenvalue weighted by molar-refractivity contribution is 5.64. The molecule has 0 heterocycles. The molecule has 1 aliphatic carbocycles. The second kappa shape index (κ2) is 11.5. The highest BCUT2D eigenvalue weighted by Gasteiger charge is 2.58. The van der Waals surface area contributed by atoms with Crippen molar-refractivity contribution in [2.24, 2.45) is 5.92 Å². The summed E-state index contributed by atoms with van der Waals surface area (Å²) in [5.41, 5.74) is 1.70. The number of benzene rings is 2. The Morgan fingerprint density at radius 3 is 1.73 bits per heavy atom. The van der Waals surface area contributed by atoms with Gasteiger partial charge in [0.15, 0.2) is 0 Å². The molecule has 5 heteroatoms. The van der Waals surface area contributed by atoms with Gasteiger partial charge in [0.2, 0.25) is 0 Å². The topological polar surface area (TPSA) is 0 Å². The summed E-state index contributed by atoms with van der Waals surface area (Å²) in [6, 6.07) is 12.4. The highest BCUT2D eigenvalue weighted by atomic mass is 19.4. The molecule has 0 bridgehead atoms. The summed E-state index contributed by atoms with van der Waals surface area (Å²) in [5.74, 6) is -3.45. The van der Waals surface area contributed by atoms with E-state index in [0.29, 0.717) is 11.5 Å². The highest BCUT2D eigenvalue weighted by Crippen LogP contribution is 2.44. The molecule has 0 nitrogen and oxygen atoms in total. The van der Waals surface area contributed by atoms with Crippen LogP contribution in [-0.2, 0) is 5.92 Å². The molecular weight excluding hydrogens is 431 g/mol. The lowest BCUT2D eigenvalue weighted by atomic mass is 9.77. The van der Waals surface area contributed by atoms with Gasteiger partial charge < -0.3 is 0 Å². The minimum Gasteiger partial charge on any atom is -0.191 e. The molecule has 0 radical (unpaired) electrons. The van der Waals surface area contributed by atoms with Crippen LogP contribution in [0.5, 0.6) is 0 Å². The Morgan fingerprint density at radius 1 is 0.667 bits per heavy atom. The Balaban J connectivity index is 1.50. The summed E-state index contributed by atoms with van der Waals surface area (Å²) in [7, 11) is 0. The van der Waals surface area contributed by atoms with Crippen molar-refractivity contribution < 1.29 is 22.0 Å². The molecule has 0 aliphatic heterocycles. The van der Waals surface area contributed by atoms with Crippen molar-refractivity contribution in [2.45, 2.75) is 95.6 Å². The third-order valence-electron chi connectivity index (χ3n) is 7.13. The minimum atomic E-state index is -5.59. The zero-order valence-electron chi connectivity index (χ0n) is 19.4. The SMILES string of the molecule is CCCCCCCCC1CCC(c2ccc(-c3ccc(C(F)(F)C(F)(F)F)cc3)cc2)CC1. The Labute approximate surface area is 194 Å². The number of alkyl halides is 5. The maximum atomic E-state index is 13.5. The van der Waals surface area contributed by atoms with Crippen LogP contribution >= 0.6 is 0 Å². The molecule has 33 heavy (non-hydrogen) atoms. The Kier molecular flexibility index (Phi) is 8.95. The average Bonchev–Trinajstić information content (AvgIpc) is 2.81. The fourth-order valence-electron chi connectivity index (χ4n) is 4.98.